The van der Waals surface area contributed by atoms with Crippen LogP contribution in [0, 0.1) is 5.92 Å². The van der Waals surface area contributed by atoms with Crippen molar-refractivity contribution in [1.29, 1.82) is 0 Å². The number of nitrogens with zero attached hydrogens (tertiary/aromatic N) is 3. The smallest absolute Gasteiger partial charge is 0.361 e. The van der Waals surface area contributed by atoms with Crippen LogP contribution < -0.4 is 5.32 Å². The van der Waals surface area contributed by atoms with E-state index in [1.807, 2.05) is 0 Å². The molecule has 4 aliphatic rings. The van der Waals surface area contributed by atoms with Crippen molar-refractivity contribution in [1.82, 2.24) is 10.3 Å². The van der Waals surface area contributed by atoms with Gasteiger partial charge < -0.3 is 45.0 Å². The van der Waals surface area contributed by atoms with Crippen molar-refractivity contribution in [3.63, 3.8) is 0 Å². The summed E-state index contributed by atoms with van der Waals surface area (Å²) in [6, 6.07) is 0.188. The van der Waals surface area contributed by atoms with Gasteiger partial charge in [-0.05, 0) is 12.8 Å². The Morgan fingerprint density at radius 3 is 2.56 bits per heavy atom. The van der Waals surface area contributed by atoms with Gasteiger partial charge >= 0.3 is 7.60 Å². The minimum absolute atomic E-state index is 0.188. The van der Waals surface area contributed by atoms with E-state index in [1.165, 1.54) is 0 Å². The van der Waals surface area contributed by atoms with E-state index < -0.39 is 69.3 Å². The summed E-state index contributed by atoms with van der Waals surface area (Å²) >= 11 is 6.30. The van der Waals surface area contributed by atoms with Crippen molar-refractivity contribution in [2.45, 2.75) is 67.6 Å². The average molecular weight is 525 g/mol. The lowest BCUT2D eigenvalue weighted by atomic mass is 9.94. The van der Waals surface area contributed by atoms with Crippen LogP contribution in [-0.4, -0.2) is 109 Å². The SMILES string of the molecule is O=P(O)(O)C(CO)(CO)OC[C@H]1O[C@H](C2C=NN3C(=NC4CCCC4)C=C(Cl)NC23)[C@H](O)[C@@H]1O. The number of hydrazone groups is 1. The first-order chi connectivity index (χ1) is 16.1. The van der Waals surface area contributed by atoms with Gasteiger partial charge in [-0.15, -0.1) is 0 Å². The lowest BCUT2D eigenvalue weighted by Crippen LogP contribution is -2.53. The van der Waals surface area contributed by atoms with Gasteiger partial charge in [0, 0.05) is 12.3 Å². The lowest BCUT2D eigenvalue weighted by molar-refractivity contribution is -0.117. The number of halogens is 1. The molecule has 4 rings (SSSR count). The Kier molecular flexibility index (Phi) is 7.71. The summed E-state index contributed by atoms with van der Waals surface area (Å²) in [7, 11) is -5.07. The van der Waals surface area contributed by atoms with Gasteiger partial charge in [0.15, 0.2) is 0 Å². The molecule has 0 amide bonds. The van der Waals surface area contributed by atoms with Crippen molar-refractivity contribution in [2.24, 2.45) is 16.0 Å². The fraction of sp³-hybridized carbons (Fsp3) is 0.789. The highest BCUT2D eigenvalue weighted by Gasteiger charge is 2.53. The van der Waals surface area contributed by atoms with Gasteiger partial charge in [-0.1, -0.05) is 24.4 Å². The van der Waals surface area contributed by atoms with Crippen LogP contribution in [0.3, 0.4) is 0 Å². The molecule has 2 fully saturated rings. The van der Waals surface area contributed by atoms with E-state index >= 15 is 0 Å². The number of rotatable bonds is 8. The van der Waals surface area contributed by atoms with Crippen molar-refractivity contribution in [3.8, 4) is 0 Å². The molecule has 0 aromatic rings. The minimum Gasteiger partial charge on any atom is -0.393 e. The molecule has 3 aliphatic heterocycles. The highest BCUT2D eigenvalue weighted by Crippen LogP contribution is 2.51. The molecule has 1 saturated carbocycles. The number of amidine groups is 1. The van der Waals surface area contributed by atoms with E-state index in [1.54, 1.807) is 17.3 Å². The maximum Gasteiger partial charge on any atom is 0.361 e. The maximum atomic E-state index is 11.7. The van der Waals surface area contributed by atoms with E-state index in [9.17, 15) is 34.8 Å². The van der Waals surface area contributed by atoms with Gasteiger partial charge in [-0.3, -0.25) is 9.56 Å². The number of aliphatic hydroxyl groups excluding tert-OH is 4. The molecule has 1 aliphatic carbocycles. The normalized spacial score (nSPS) is 35.7. The fourth-order valence-corrected chi connectivity index (χ4v) is 5.47. The van der Waals surface area contributed by atoms with Crippen LogP contribution in [-0.2, 0) is 14.0 Å². The Balaban J connectivity index is 1.46. The van der Waals surface area contributed by atoms with Gasteiger partial charge in [-0.2, -0.15) is 5.10 Å². The molecule has 15 heteroatoms. The average Bonchev–Trinajstić information content (AvgIpc) is 3.50. The molecule has 34 heavy (non-hydrogen) atoms. The molecule has 7 N–H and O–H groups in total. The van der Waals surface area contributed by atoms with Crippen molar-refractivity contribution in [2.75, 3.05) is 19.8 Å². The van der Waals surface area contributed by atoms with Crippen molar-refractivity contribution < 1.29 is 44.3 Å². The first kappa shape index (κ1) is 26.0. The molecule has 3 heterocycles. The highest BCUT2D eigenvalue weighted by atomic mass is 35.5. The Bertz CT molecular complexity index is 889. The van der Waals surface area contributed by atoms with Crippen LogP contribution in [0.2, 0.25) is 0 Å². The first-order valence-corrected chi connectivity index (χ1v) is 13.1. The highest BCUT2D eigenvalue weighted by molar-refractivity contribution is 7.53. The van der Waals surface area contributed by atoms with Crippen LogP contribution in [0.15, 0.2) is 21.3 Å². The quantitative estimate of drug-likeness (QED) is 0.146. The monoisotopic (exact) mass is 524 g/mol. The predicted octanol–water partition coefficient (Wildman–Crippen LogP) is -1.38. The molecular weight excluding hydrogens is 495 g/mol. The van der Waals surface area contributed by atoms with Crippen LogP contribution >= 0.6 is 19.2 Å². The summed E-state index contributed by atoms with van der Waals surface area (Å²) in [6.45, 7) is -2.92. The van der Waals surface area contributed by atoms with Gasteiger partial charge in [0.1, 0.15) is 35.5 Å². The lowest BCUT2D eigenvalue weighted by Gasteiger charge is -2.35. The number of aliphatic imine (C=N–C) groups is 1. The molecule has 0 aromatic heterocycles. The zero-order valence-electron chi connectivity index (χ0n) is 18.2. The predicted molar refractivity (Wildman–Crippen MR) is 120 cm³/mol. The zero-order chi connectivity index (χ0) is 24.7. The fourth-order valence-electron chi connectivity index (χ4n) is 4.65. The Labute approximate surface area is 200 Å². The van der Waals surface area contributed by atoms with Gasteiger partial charge in [0.05, 0.1) is 37.9 Å². The molecule has 0 bridgehead atoms. The molecule has 0 spiro atoms. The Morgan fingerprint density at radius 2 is 1.94 bits per heavy atom. The molecule has 6 atom stereocenters. The van der Waals surface area contributed by atoms with Crippen LogP contribution in [0.4, 0.5) is 0 Å². The molecule has 192 valence electrons. The van der Waals surface area contributed by atoms with Gasteiger partial charge in [0.25, 0.3) is 0 Å². The topological polar surface area (TPSA) is 197 Å². The third-order valence-electron chi connectivity index (χ3n) is 6.73. The number of hydrogen-bond donors (Lipinski definition) is 7. The van der Waals surface area contributed by atoms with E-state index in [-0.39, 0.29) is 6.04 Å². The summed E-state index contributed by atoms with van der Waals surface area (Å²) in [4.78, 5) is 23.7. The second-order valence-corrected chi connectivity index (χ2v) is 11.2. The number of nitrogens with one attached hydrogen (secondary N) is 1. The van der Waals surface area contributed by atoms with Crippen LogP contribution in [0.1, 0.15) is 25.7 Å². The Morgan fingerprint density at radius 1 is 1.26 bits per heavy atom. The largest absolute Gasteiger partial charge is 0.393 e. The summed E-state index contributed by atoms with van der Waals surface area (Å²) in [5.41, 5.74) is 0. The van der Waals surface area contributed by atoms with Gasteiger partial charge in [0.2, 0.25) is 5.34 Å². The Hall–Kier alpha value is -1.12. The molecule has 0 aromatic carbocycles. The third-order valence-corrected chi connectivity index (χ3v) is 8.42. The van der Waals surface area contributed by atoms with Crippen LogP contribution in [0.25, 0.3) is 0 Å². The zero-order valence-corrected chi connectivity index (χ0v) is 19.9. The standard InChI is InChI=1S/C19H30ClN4O9P/c20-13-5-14(22-10-3-1-2-4-10)24-18(23-13)11(6-21-24)17-16(28)15(27)12(33-17)7-32-19(8-25,9-26)34(29,30)31/h5-6,10-12,15-18,23,25-28H,1-4,7-9H2,(H2,29,30,31)/t11?,12-,15-,16-,17-,18?/m1/s1. The van der Waals surface area contributed by atoms with E-state index in [0.29, 0.717) is 11.0 Å². The number of hydrogen-bond acceptors (Lipinski definition) is 10. The second kappa shape index (κ2) is 10.1. The van der Waals surface area contributed by atoms with E-state index in [2.05, 4.69) is 10.4 Å². The number of fused-ring (bicyclic) bond motifs is 1. The maximum absolute atomic E-state index is 11.7. The molecule has 2 unspecified atom stereocenters. The first-order valence-electron chi connectivity index (χ1n) is 11.1. The number of ether oxygens (including phenoxy) is 2. The molecule has 0 radical (unpaired) electrons. The molecule has 13 nitrogen and oxygen atoms in total. The number of aliphatic hydroxyl groups is 4. The van der Waals surface area contributed by atoms with Crippen molar-refractivity contribution in [3.05, 3.63) is 11.2 Å². The second-order valence-electron chi connectivity index (χ2n) is 8.93. The van der Waals surface area contributed by atoms with Crippen molar-refractivity contribution >= 4 is 31.2 Å². The summed E-state index contributed by atoms with van der Waals surface area (Å²) in [5.74, 6) is 0.0257. The molecular formula is C19H30ClN4O9P. The van der Waals surface area contributed by atoms with E-state index in [0.717, 1.165) is 25.7 Å². The summed E-state index contributed by atoms with van der Waals surface area (Å²) in [6.07, 6.45) is 1.94. The van der Waals surface area contributed by atoms with E-state index in [4.69, 9.17) is 26.1 Å². The third kappa shape index (κ3) is 4.79. The minimum atomic E-state index is -5.07. The molecule has 1 saturated heterocycles. The van der Waals surface area contributed by atoms with Gasteiger partial charge in [-0.25, -0.2) is 5.01 Å². The van der Waals surface area contributed by atoms with Crippen LogP contribution in [0.5, 0.6) is 0 Å². The summed E-state index contributed by atoms with van der Waals surface area (Å²) < 4.78 is 22.7. The summed E-state index contributed by atoms with van der Waals surface area (Å²) in [5, 5.41) is 47.0.